The molecule has 0 aliphatic rings. The third kappa shape index (κ3) is 4.98. The number of carbonyl (C=O) groups excluding carboxylic acids is 1. The lowest BCUT2D eigenvalue weighted by molar-refractivity contribution is -0.137. The first-order valence-electron chi connectivity index (χ1n) is 9.06. The third-order valence-electron chi connectivity index (χ3n) is 4.37. The number of halogens is 4. The van der Waals surface area contributed by atoms with E-state index in [0.29, 0.717) is 16.6 Å². The summed E-state index contributed by atoms with van der Waals surface area (Å²) in [5.74, 6) is -0.753. The number of nitrogens with zero attached hydrogens (tertiary/aromatic N) is 1. The van der Waals surface area contributed by atoms with Crippen LogP contribution in [0.4, 0.5) is 18.3 Å². The number of hydrogen-bond acceptors (Lipinski definition) is 4. The number of carbonyl (C=O) groups is 1. The van der Waals surface area contributed by atoms with Gasteiger partial charge in [-0.1, -0.05) is 41.9 Å². The number of aromatic nitrogens is 1. The summed E-state index contributed by atoms with van der Waals surface area (Å²) in [4.78, 5) is 17.6. The molecule has 0 bridgehead atoms. The third-order valence-corrected chi connectivity index (χ3v) is 5.52. The van der Waals surface area contributed by atoms with Crippen LogP contribution < -0.4 is 5.32 Å². The molecule has 0 atom stereocenters. The van der Waals surface area contributed by atoms with Crippen LogP contribution in [-0.2, 0) is 12.6 Å². The molecule has 158 valence electrons. The summed E-state index contributed by atoms with van der Waals surface area (Å²) in [6.07, 6.45) is -2.28. The minimum atomic E-state index is -4.54. The zero-order valence-electron chi connectivity index (χ0n) is 15.7. The zero-order valence-corrected chi connectivity index (χ0v) is 17.3. The number of anilines is 1. The highest BCUT2D eigenvalue weighted by Gasteiger charge is 2.34. The molecule has 4 aromatic rings. The van der Waals surface area contributed by atoms with Crippen molar-refractivity contribution in [3.63, 3.8) is 0 Å². The van der Waals surface area contributed by atoms with Crippen molar-refractivity contribution in [1.29, 1.82) is 0 Å². The number of thiazole rings is 1. The number of rotatable bonds is 5. The molecule has 2 aromatic heterocycles. The standard InChI is InChI=1S/C22H14ClF3N2O2S/c23-14-5-3-4-13(10-14)11-15-12-27-21(31-15)28-20(29)19-9-8-18(30-19)16-6-1-2-7-17(16)22(24,25)26/h1-10,12H,11H2,(H,27,28,29). The van der Waals surface area contributed by atoms with Gasteiger partial charge in [0, 0.05) is 28.1 Å². The Morgan fingerprint density at radius 3 is 2.68 bits per heavy atom. The topological polar surface area (TPSA) is 55.1 Å². The van der Waals surface area contributed by atoms with E-state index in [-0.39, 0.29) is 17.1 Å². The Labute approximate surface area is 184 Å². The molecule has 1 amide bonds. The van der Waals surface area contributed by atoms with Crippen molar-refractivity contribution in [3.05, 3.63) is 93.6 Å². The van der Waals surface area contributed by atoms with Crippen LogP contribution in [0.15, 0.2) is 71.3 Å². The average molecular weight is 463 g/mol. The van der Waals surface area contributed by atoms with Gasteiger partial charge in [-0.25, -0.2) is 4.98 Å². The molecule has 0 saturated carbocycles. The molecule has 2 heterocycles. The van der Waals surface area contributed by atoms with E-state index in [1.807, 2.05) is 18.2 Å². The fourth-order valence-electron chi connectivity index (χ4n) is 3.00. The second-order valence-corrected chi connectivity index (χ2v) is 8.15. The molecule has 9 heteroatoms. The second kappa shape index (κ2) is 8.56. The van der Waals surface area contributed by atoms with Crippen molar-refractivity contribution in [2.75, 3.05) is 5.32 Å². The first kappa shape index (κ1) is 21.1. The van der Waals surface area contributed by atoms with E-state index in [9.17, 15) is 18.0 Å². The maximum Gasteiger partial charge on any atom is 0.417 e. The van der Waals surface area contributed by atoms with Crippen LogP contribution in [-0.4, -0.2) is 10.9 Å². The molecular weight excluding hydrogens is 449 g/mol. The van der Waals surface area contributed by atoms with Crippen LogP contribution in [0.1, 0.15) is 26.6 Å². The molecular formula is C22H14ClF3N2O2S. The maximum absolute atomic E-state index is 13.2. The van der Waals surface area contributed by atoms with Crippen molar-refractivity contribution < 1.29 is 22.4 Å². The van der Waals surface area contributed by atoms with Crippen LogP contribution in [0.3, 0.4) is 0 Å². The van der Waals surface area contributed by atoms with Gasteiger partial charge in [-0.2, -0.15) is 13.2 Å². The molecule has 2 aromatic carbocycles. The molecule has 1 N–H and O–H groups in total. The summed E-state index contributed by atoms with van der Waals surface area (Å²) >= 11 is 7.28. The second-order valence-electron chi connectivity index (χ2n) is 6.60. The monoisotopic (exact) mass is 462 g/mol. The molecule has 0 aliphatic heterocycles. The van der Waals surface area contributed by atoms with E-state index < -0.39 is 17.6 Å². The minimum absolute atomic E-state index is 0.0427. The average Bonchev–Trinajstić information content (AvgIpc) is 3.37. The molecule has 0 fully saturated rings. The van der Waals surface area contributed by atoms with Gasteiger partial charge in [0.15, 0.2) is 10.9 Å². The fraction of sp³-hybridized carbons (Fsp3) is 0.0909. The fourth-order valence-corrected chi connectivity index (χ4v) is 4.06. The Balaban J connectivity index is 1.48. The molecule has 0 saturated heterocycles. The molecule has 31 heavy (non-hydrogen) atoms. The van der Waals surface area contributed by atoms with E-state index in [1.165, 1.54) is 41.7 Å². The number of benzene rings is 2. The predicted molar refractivity (Wildman–Crippen MR) is 113 cm³/mol. The Hall–Kier alpha value is -3.10. The highest BCUT2D eigenvalue weighted by Crippen LogP contribution is 2.37. The van der Waals surface area contributed by atoms with Crippen LogP contribution >= 0.6 is 22.9 Å². The number of amides is 1. The normalized spacial score (nSPS) is 11.5. The van der Waals surface area contributed by atoms with Crippen molar-refractivity contribution in [1.82, 2.24) is 4.98 Å². The summed E-state index contributed by atoms with van der Waals surface area (Å²) in [7, 11) is 0. The SMILES string of the molecule is O=C(Nc1ncc(Cc2cccc(Cl)c2)s1)c1ccc(-c2ccccc2C(F)(F)F)o1. The zero-order chi connectivity index (χ0) is 22.0. The van der Waals surface area contributed by atoms with Crippen LogP contribution in [0.5, 0.6) is 0 Å². The van der Waals surface area contributed by atoms with Crippen molar-refractivity contribution in [2.24, 2.45) is 0 Å². The lowest BCUT2D eigenvalue weighted by Crippen LogP contribution is -2.10. The molecule has 0 spiro atoms. The van der Waals surface area contributed by atoms with Gasteiger partial charge in [-0.15, -0.1) is 11.3 Å². The van der Waals surface area contributed by atoms with Crippen molar-refractivity contribution in [2.45, 2.75) is 12.6 Å². The number of hydrogen-bond donors (Lipinski definition) is 1. The van der Waals surface area contributed by atoms with Gasteiger partial charge in [0.1, 0.15) is 5.76 Å². The van der Waals surface area contributed by atoms with E-state index >= 15 is 0 Å². The summed E-state index contributed by atoms with van der Waals surface area (Å²) in [5.41, 5.74) is 0.0435. The quantitative estimate of drug-likeness (QED) is 0.350. The summed E-state index contributed by atoms with van der Waals surface area (Å²) in [5, 5.41) is 3.60. The van der Waals surface area contributed by atoms with Crippen molar-refractivity contribution in [3.8, 4) is 11.3 Å². The van der Waals surface area contributed by atoms with E-state index in [1.54, 1.807) is 12.3 Å². The maximum atomic E-state index is 13.2. The van der Waals surface area contributed by atoms with E-state index in [0.717, 1.165) is 16.5 Å². The molecule has 0 aliphatic carbocycles. The Bertz CT molecular complexity index is 1230. The molecule has 4 rings (SSSR count). The Kier molecular flexibility index (Phi) is 5.84. The first-order chi connectivity index (χ1) is 14.8. The number of nitrogens with one attached hydrogen (secondary N) is 1. The van der Waals surface area contributed by atoms with Crippen LogP contribution in [0.2, 0.25) is 5.02 Å². The highest BCUT2D eigenvalue weighted by atomic mass is 35.5. The smallest absolute Gasteiger partial charge is 0.417 e. The highest BCUT2D eigenvalue weighted by molar-refractivity contribution is 7.15. The first-order valence-corrected chi connectivity index (χ1v) is 10.3. The molecule has 4 nitrogen and oxygen atoms in total. The number of alkyl halides is 3. The summed E-state index contributed by atoms with van der Waals surface area (Å²) in [6.45, 7) is 0. The van der Waals surface area contributed by atoms with Gasteiger partial charge in [-0.05, 0) is 35.9 Å². The van der Waals surface area contributed by atoms with E-state index in [2.05, 4.69) is 10.3 Å². The van der Waals surface area contributed by atoms with Gasteiger partial charge in [0.2, 0.25) is 0 Å². The Morgan fingerprint density at radius 2 is 1.90 bits per heavy atom. The van der Waals surface area contributed by atoms with Gasteiger partial charge in [0.05, 0.1) is 5.56 Å². The van der Waals surface area contributed by atoms with Gasteiger partial charge in [-0.3, -0.25) is 10.1 Å². The largest absolute Gasteiger partial charge is 0.451 e. The summed E-state index contributed by atoms with van der Waals surface area (Å²) in [6, 6.07) is 15.1. The lowest BCUT2D eigenvalue weighted by Gasteiger charge is -2.10. The van der Waals surface area contributed by atoms with Crippen LogP contribution in [0, 0.1) is 0 Å². The van der Waals surface area contributed by atoms with E-state index in [4.69, 9.17) is 16.0 Å². The van der Waals surface area contributed by atoms with Gasteiger partial charge >= 0.3 is 6.18 Å². The predicted octanol–water partition coefficient (Wildman–Crippen LogP) is 6.92. The molecule has 0 unspecified atom stereocenters. The molecule has 0 radical (unpaired) electrons. The number of furan rings is 1. The lowest BCUT2D eigenvalue weighted by atomic mass is 10.1. The van der Waals surface area contributed by atoms with Gasteiger partial charge in [0.25, 0.3) is 5.91 Å². The minimum Gasteiger partial charge on any atom is -0.451 e. The Morgan fingerprint density at radius 1 is 1.10 bits per heavy atom. The summed E-state index contributed by atoms with van der Waals surface area (Å²) < 4.78 is 45.1. The van der Waals surface area contributed by atoms with Gasteiger partial charge < -0.3 is 4.42 Å². The van der Waals surface area contributed by atoms with Crippen LogP contribution in [0.25, 0.3) is 11.3 Å². The van der Waals surface area contributed by atoms with Crippen molar-refractivity contribution >= 4 is 34.0 Å².